The lowest BCUT2D eigenvalue weighted by molar-refractivity contribution is 0.222. The fourth-order valence-corrected chi connectivity index (χ4v) is 6.15. The number of nitrogens with zero attached hydrogens (tertiary/aromatic N) is 4. The molecule has 1 aromatic carbocycles. The van der Waals surface area contributed by atoms with Gasteiger partial charge in [0.25, 0.3) is 0 Å². The molecule has 1 fully saturated rings. The second-order valence-corrected chi connectivity index (χ2v) is 10.5. The van der Waals surface area contributed by atoms with Crippen LogP contribution in [-0.2, 0) is 17.1 Å². The second-order valence-electron chi connectivity index (χ2n) is 7.29. The predicted octanol–water partition coefficient (Wildman–Crippen LogP) is 3.71. The summed E-state index contributed by atoms with van der Waals surface area (Å²) in [5.41, 5.74) is 3.36. The van der Waals surface area contributed by atoms with Crippen LogP contribution in [0.15, 0.2) is 40.6 Å². The van der Waals surface area contributed by atoms with Crippen LogP contribution in [0, 0.1) is 6.92 Å². The number of hydrogen-bond donors (Lipinski definition) is 0. The summed E-state index contributed by atoms with van der Waals surface area (Å²) < 4.78 is 30.0. The Hall–Kier alpha value is -1.71. The van der Waals surface area contributed by atoms with Crippen molar-refractivity contribution in [2.45, 2.75) is 11.8 Å². The van der Waals surface area contributed by atoms with Crippen molar-refractivity contribution in [3.8, 4) is 22.0 Å². The largest absolute Gasteiger partial charge is 0.345 e. The topological polar surface area (TPSA) is 58.4 Å². The zero-order valence-corrected chi connectivity index (χ0v) is 19.0. The van der Waals surface area contributed by atoms with Gasteiger partial charge in [-0.1, -0.05) is 23.7 Å². The summed E-state index contributed by atoms with van der Waals surface area (Å²) >= 11 is 7.48. The summed E-state index contributed by atoms with van der Waals surface area (Å²) in [6, 6.07) is 9.29. The van der Waals surface area contributed by atoms with Crippen molar-refractivity contribution < 1.29 is 8.42 Å². The number of benzene rings is 1. The number of thiazole rings is 1. The molecule has 0 N–H and O–H groups in total. The molecule has 0 amide bonds. The molecule has 154 valence electrons. The molecule has 0 atom stereocenters. The number of likely N-dealkylation sites (N-methyl/N-ethyl adjacent to an activating group) is 1. The lowest BCUT2D eigenvalue weighted by Crippen LogP contribution is -2.47. The molecule has 1 aliphatic heterocycles. The average Bonchev–Trinajstić information content (AvgIpc) is 3.29. The highest BCUT2D eigenvalue weighted by atomic mass is 35.5. The van der Waals surface area contributed by atoms with Crippen LogP contribution >= 0.6 is 22.9 Å². The Balaban J connectivity index is 1.68. The third kappa shape index (κ3) is 3.87. The van der Waals surface area contributed by atoms with Crippen molar-refractivity contribution in [2.75, 3.05) is 33.2 Å². The summed E-state index contributed by atoms with van der Waals surface area (Å²) in [4.78, 5) is 7.25. The lowest BCUT2D eigenvalue weighted by Gasteiger charge is -2.31. The molecule has 4 rings (SSSR count). The highest BCUT2D eigenvalue weighted by Crippen LogP contribution is 2.34. The van der Waals surface area contributed by atoms with Crippen LogP contribution in [0.3, 0.4) is 0 Å². The number of aromatic nitrogens is 2. The zero-order valence-electron chi connectivity index (χ0n) is 16.6. The van der Waals surface area contributed by atoms with E-state index in [1.165, 1.54) is 11.3 Å². The van der Waals surface area contributed by atoms with Gasteiger partial charge in [-0.05, 0) is 32.2 Å². The highest BCUT2D eigenvalue weighted by Gasteiger charge is 2.31. The van der Waals surface area contributed by atoms with E-state index in [9.17, 15) is 8.42 Å². The van der Waals surface area contributed by atoms with Crippen molar-refractivity contribution in [2.24, 2.45) is 7.05 Å². The van der Waals surface area contributed by atoms with Gasteiger partial charge in [0.2, 0.25) is 10.0 Å². The first-order chi connectivity index (χ1) is 13.8. The van der Waals surface area contributed by atoms with Gasteiger partial charge in [-0.15, -0.1) is 11.3 Å². The molecule has 29 heavy (non-hydrogen) atoms. The Morgan fingerprint density at radius 1 is 1.07 bits per heavy atom. The molecule has 3 heterocycles. The monoisotopic (exact) mass is 450 g/mol. The summed E-state index contributed by atoms with van der Waals surface area (Å²) in [5, 5.41) is 3.46. The molecular formula is C20H23ClN4O2S2. The van der Waals surface area contributed by atoms with Crippen LogP contribution in [0.25, 0.3) is 22.0 Å². The SMILES string of the molecule is Cc1c(S(=O)(=O)N2CCN(C)CC2)cc(-c2nc(-c3ccc(Cl)cc3)cs2)n1C. The minimum absolute atomic E-state index is 0.364. The van der Waals surface area contributed by atoms with Crippen LogP contribution in [-0.4, -0.2) is 60.4 Å². The molecular weight excluding hydrogens is 428 g/mol. The highest BCUT2D eigenvalue weighted by molar-refractivity contribution is 7.89. The van der Waals surface area contributed by atoms with Crippen LogP contribution in [0.5, 0.6) is 0 Å². The predicted molar refractivity (Wildman–Crippen MR) is 118 cm³/mol. The maximum Gasteiger partial charge on any atom is 0.244 e. The second kappa shape index (κ2) is 7.85. The average molecular weight is 451 g/mol. The van der Waals surface area contributed by atoms with Crippen LogP contribution in [0.4, 0.5) is 0 Å². The standard InChI is InChI=1S/C20H23ClN4O2S2/c1-14-19(29(26,27)25-10-8-23(2)9-11-25)12-18(24(14)3)20-22-17(13-28-20)15-4-6-16(21)7-5-15/h4-7,12-13H,8-11H2,1-3H3. The van der Waals surface area contributed by atoms with Crippen molar-refractivity contribution in [1.29, 1.82) is 0 Å². The van der Waals surface area contributed by atoms with Gasteiger partial charge < -0.3 is 9.47 Å². The minimum atomic E-state index is -3.53. The molecule has 1 saturated heterocycles. The molecule has 0 bridgehead atoms. The molecule has 1 aliphatic rings. The van der Waals surface area contributed by atoms with Crippen molar-refractivity contribution in [3.63, 3.8) is 0 Å². The first kappa shape index (κ1) is 20.6. The van der Waals surface area contributed by atoms with E-state index < -0.39 is 10.0 Å². The normalized spacial score (nSPS) is 16.4. The van der Waals surface area contributed by atoms with Gasteiger partial charge in [-0.25, -0.2) is 13.4 Å². The fraction of sp³-hybridized carbons (Fsp3) is 0.350. The molecule has 0 spiro atoms. The maximum absolute atomic E-state index is 13.2. The van der Waals surface area contributed by atoms with E-state index in [-0.39, 0.29) is 0 Å². The summed E-state index contributed by atoms with van der Waals surface area (Å²) in [5.74, 6) is 0. The molecule has 9 heteroatoms. The molecule has 6 nitrogen and oxygen atoms in total. The fourth-order valence-electron chi connectivity index (χ4n) is 3.45. The van der Waals surface area contributed by atoms with Gasteiger partial charge in [0.1, 0.15) is 9.90 Å². The minimum Gasteiger partial charge on any atom is -0.345 e. The number of halogens is 1. The smallest absolute Gasteiger partial charge is 0.244 e. The van der Waals surface area contributed by atoms with Gasteiger partial charge >= 0.3 is 0 Å². The van der Waals surface area contributed by atoms with Gasteiger partial charge in [-0.2, -0.15) is 4.31 Å². The Labute approximate surface area is 180 Å². The number of sulfonamides is 1. The van der Waals surface area contributed by atoms with E-state index in [1.807, 2.05) is 55.2 Å². The van der Waals surface area contributed by atoms with E-state index in [0.717, 1.165) is 40.7 Å². The first-order valence-electron chi connectivity index (χ1n) is 9.34. The molecule has 0 radical (unpaired) electrons. The number of hydrogen-bond acceptors (Lipinski definition) is 5. The zero-order chi connectivity index (χ0) is 20.8. The Morgan fingerprint density at radius 2 is 1.72 bits per heavy atom. The number of rotatable bonds is 4. The lowest BCUT2D eigenvalue weighted by atomic mass is 10.2. The van der Waals surface area contributed by atoms with E-state index in [4.69, 9.17) is 16.6 Å². The Bertz CT molecular complexity index is 1130. The van der Waals surface area contributed by atoms with Crippen LogP contribution < -0.4 is 0 Å². The summed E-state index contributed by atoms with van der Waals surface area (Å²) in [6.07, 6.45) is 0. The van der Waals surface area contributed by atoms with E-state index >= 15 is 0 Å². The van der Waals surface area contributed by atoms with Crippen LogP contribution in [0.2, 0.25) is 5.02 Å². The molecule has 2 aromatic heterocycles. The van der Waals surface area contributed by atoms with Crippen molar-refractivity contribution in [3.05, 3.63) is 46.4 Å². The van der Waals surface area contributed by atoms with Crippen molar-refractivity contribution >= 4 is 33.0 Å². The molecule has 0 saturated carbocycles. The van der Waals surface area contributed by atoms with Crippen LogP contribution in [0.1, 0.15) is 5.69 Å². The summed E-state index contributed by atoms with van der Waals surface area (Å²) in [6.45, 7) is 4.37. The van der Waals surface area contributed by atoms with E-state index in [0.29, 0.717) is 23.0 Å². The first-order valence-corrected chi connectivity index (χ1v) is 12.0. The molecule has 0 aliphatic carbocycles. The van der Waals surface area contributed by atoms with Crippen molar-refractivity contribution in [1.82, 2.24) is 18.8 Å². The maximum atomic E-state index is 13.2. The van der Waals surface area contributed by atoms with Gasteiger partial charge in [-0.3, -0.25) is 0 Å². The third-order valence-electron chi connectivity index (χ3n) is 5.43. The third-order valence-corrected chi connectivity index (χ3v) is 8.56. The molecule has 0 unspecified atom stereocenters. The Morgan fingerprint density at radius 3 is 2.38 bits per heavy atom. The van der Waals surface area contributed by atoms with Gasteiger partial charge in [0.05, 0.1) is 11.4 Å². The summed E-state index contributed by atoms with van der Waals surface area (Å²) in [7, 11) is 0.369. The Kier molecular flexibility index (Phi) is 5.56. The van der Waals surface area contributed by atoms with E-state index in [1.54, 1.807) is 10.4 Å². The van der Waals surface area contributed by atoms with E-state index in [2.05, 4.69) is 4.90 Å². The van der Waals surface area contributed by atoms with Gasteiger partial charge in [0, 0.05) is 54.9 Å². The van der Waals surface area contributed by atoms with Gasteiger partial charge in [0.15, 0.2) is 0 Å². The quantitative estimate of drug-likeness (QED) is 0.608. The molecule has 3 aromatic rings. The number of piperazine rings is 1.